The van der Waals surface area contributed by atoms with Crippen LogP contribution in [0, 0.1) is 13.8 Å². The Bertz CT molecular complexity index is 1170. The van der Waals surface area contributed by atoms with Crippen LogP contribution in [0.2, 0.25) is 0 Å². The van der Waals surface area contributed by atoms with Crippen LogP contribution in [0.5, 0.6) is 17.4 Å². The lowest BCUT2D eigenvalue weighted by Gasteiger charge is -2.10. The molecule has 0 N–H and O–H groups in total. The number of carbonyl (C=O) groups is 2. The summed E-state index contributed by atoms with van der Waals surface area (Å²) in [6, 6.07) is 6.80. The van der Waals surface area contributed by atoms with Crippen LogP contribution in [-0.4, -0.2) is 47.5 Å². The summed E-state index contributed by atoms with van der Waals surface area (Å²) in [6.07, 6.45) is 2.84. The van der Waals surface area contributed by atoms with Crippen LogP contribution in [-0.2, 0) is 21.4 Å². The number of esters is 2. The quantitative estimate of drug-likeness (QED) is 0.324. The molecule has 0 radical (unpaired) electrons. The van der Waals surface area contributed by atoms with Crippen molar-refractivity contribution in [3.05, 3.63) is 47.2 Å². The second-order valence-corrected chi connectivity index (χ2v) is 6.74. The highest BCUT2D eigenvalue weighted by Gasteiger charge is 2.17. The SMILES string of the molecule is COC(=O)/C=C/c1ccc(OC(=O)COc2nn(C)c3nc(C)cc(C)c23)c(OC)c1. The molecule has 0 aliphatic rings. The molecule has 0 atom stereocenters. The van der Waals surface area contributed by atoms with Crippen LogP contribution in [0.4, 0.5) is 0 Å². The van der Waals surface area contributed by atoms with Gasteiger partial charge in [-0.15, -0.1) is 5.10 Å². The Kier molecular flexibility index (Phi) is 6.54. The Hall–Kier alpha value is -3.88. The summed E-state index contributed by atoms with van der Waals surface area (Å²) in [5.74, 6) is -0.221. The van der Waals surface area contributed by atoms with Crippen molar-refractivity contribution in [2.75, 3.05) is 20.8 Å². The molecule has 31 heavy (non-hydrogen) atoms. The van der Waals surface area contributed by atoms with Gasteiger partial charge in [0.25, 0.3) is 0 Å². The standard InChI is InChI=1S/C22H23N3O6/c1-13-10-14(2)23-21-20(13)22(24-25(21)3)30-12-19(27)31-16-8-6-15(11-17(16)28-4)7-9-18(26)29-5/h6-11H,12H2,1-5H3/b9-7+. The number of aromatic nitrogens is 3. The fourth-order valence-electron chi connectivity index (χ4n) is 3.03. The molecule has 0 bridgehead atoms. The van der Waals surface area contributed by atoms with Gasteiger partial charge in [0.2, 0.25) is 5.88 Å². The molecule has 0 amide bonds. The Morgan fingerprint density at radius 3 is 2.61 bits per heavy atom. The van der Waals surface area contributed by atoms with Crippen molar-refractivity contribution in [3.8, 4) is 17.4 Å². The molecule has 0 unspecified atom stereocenters. The van der Waals surface area contributed by atoms with Crippen LogP contribution in [0.3, 0.4) is 0 Å². The van der Waals surface area contributed by atoms with Gasteiger partial charge in [0.15, 0.2) is 23.8 Å². The first-order chi connectivity index (χ1) is 14.8. The van der Waals surface area contributed by atoms with Crippen LogP contribution >= 0.6 is 0 Å². The minimum absolute atomic E-state index is 0.227. The summed E-state index contributed by atoms with van der Waals surface area (Å²) in [6.45, 7) is 3.50. The molecular weight excluding hydrogens is 402 g/mol. The molecule has 0 saturated carbocycles. The van der Waals surface area contributed by atoms with Gasteiger partial charge in [0.05, 0.1) is 19.6 Å². The van der Waals surface area contributed by atoms with Gasteiger partial charge < -0.3 is 18.9 Å². The van der Waals surface area contributed by atoms with Gasteiger partial charge in [-0.1, -0.05) is 6.07 Å². The highest BCUT2D eigenvalue weighted by molar-refractivity contribution is 5.87. The van der Waals surface area contributed by atoms with E-state index in [1.165, 1.54) is 20.3 Å². The minimum Gasteiger partial charge on any atom is -0.493 e. The van der Waals surface area contributed by atoms with E-state index in [0.29, 0.717) is 22.8 Å². The maximum absolute atomic E-state index is 12.3. The number of hydrogen-bond acceptors (Lipinski definition) is 8. The number of aryl methyl sites for hydroxylation is 3. The van der Waals surface area contributed by atoms with E-state index in [1.54, 1.807) is 36.0 Å². The third-order valence-corrected chi connectivity index (χ3v) is 4.44. The van der Waals surface area contributed by atoms with Gasteiger partial charge in [0.1, 0.15) is 0 Å². The van der Waals surface area contributed by atoms with Crippen LogP contribution < -0.4 is 14.2 Å². The second kappa shape index (κ2) is 9.29. The number of benzene rings is 1. The molecule has 0 aliphatic carbocycles. The van der Waals surface area contributed by atoms with Crippen molar-refractivity contribution in [1.29, 1.82) is 0 Å². The number of rotatable bonds is 7. The fourth-order valence-corrected chi connectivity index (χ4v) is 3.03. The fraction of sp³-hybridized carbons (Fsp3) is 0.273. The van der Waals surface area contributed by atoms with Crippen molar-refractivity contribution in [2.45, 2.75) is 13.8 Å². The van der Waals surface area contributed by atoms with Crippen molar-refractivity contribution < 1.29 is 28.5 Å². The molecule has 2 heterocycles. The van der Waals surface area contributed by atoms with E-state index >= 15 is 0 Å². The highest BCUT2D eigenvalue weighted by atomic mass is 16.6. The van der Waals surface area contributed by atoms with Gasteiger partial charge in [-0.2, -0.15) is 0 Å². The zero-order valence-corrected chi connectivity index (χ0v) is 18.0. The van der Waals surface area contributed by atoms with E-state index < -0.39 is 11.9 Å². The van der Waals surface area contributed by atoms with Crippen LogP contribution in [0.15, 0.2) is 30.3 Å². The summed E-state index contributed by atoms with van der Waals surface area (Å²) in [5, 5.41) is 5.06. The number of methoxy groups -OCH3 is 2. The molecule has 9 nitrogen and oxygen atoms in total. The van der Waals surface area contributed by atoms with Gasteiger partial charge in [-0.3, -0.25) is 0 Å². The Morgan fingerprint density at radius 1 is 1.13 bits per heavy atom. The molecule has 0 fully saturated rings. The Morgan fingerprint density at radius 2 is 1.90 bits per heavy atom. The minimum atomic E-state index is -0.618. The topological polar surface area (TPSA) is 102 Å². The van der Waals surface area contributed by atoms with E-state index in [-0.39, 0.29) is 12.4 Å². The summed E-state index contributed by atoms with van der Waals surface area (Å²) < 4.78 is 22.4. The van der Waals surface area contributed by atoms with E-state index in [9.17, 15) is 9.59 Å². The normalized spacial score (nSPS) is 11.0. The van der Waals surface area contributed by atoms with Crippen LogP contribution in [0.25, 0.3) is 17.1 Å². The van der Waals surface area contributed by atoms with Gasteiger partial charge in [-0.05, 0) is 49.2 Å². The Labute approximate surface area is 179 Å². The van der Waals surface area contributed by atoms with Crippen molar-refractivity contribution in [1.82, 2.24) is 14.8 Å². The summed E-state index contributed by atoms with van der Waals surface area (Å²) >= 11 is 0. The van der Waals surface area contributed by atoms with Gasteiger partial charge in [0, 0.05) is 18.8 Å². The van der Waals surface area contributed by atoms with E-state index in [0.717, 1.165) is 16.6 Å². The largest absolute Gasteiger partial charge is 0.493 e. The smallest absolute Gasteiger partial charge is 0.349 e. The Balaban J connectivity index is 1.71. The number of ether oxygens (including phenoxy) is 4. The second-order valence-electron chi connectivity index (χ2n) is 6.74. The lowest BCUT2D eigenvalue weighted by Crippen LogP contribution is -2.18. The first kappa shape index (κ1) is 21.8. The average molecular weight is 425 g/mol. The first-order valence-electron chi connectivity index (χ1n) is 9.41. The zero-order chi connectivity index (χ0) is 22.5. The number of hydrogen-bond donors (Lipinski definition) is 0. The number of nitrogens with zero attached hydrogens (tertiary/aromatic N) is 3. The number of pyridine rings is 1. The maximum atomic E-state index is 12.3. The monoisotopic (exact) mass is 425 g/mol. The first-order valence-corrected chi connectivity index (χ1v) is 9.41. The summed E-state index contributed by atoms with van der Waals surface area (Å²) in [7, 11) is 4.51. The van der Waals surface area contributed by atoms with E-state index in [2.05, 4.69) is 14.8 Å². The molecule has 3 aromatic rings. The van der Waals surface area contributed by atoms with E-state index in [4.69, 9.17) is 14.2 Å². The average Bonchev–Trinajstić information content (AvgIpc) is 3.06. The summed E-state index contributed by atoms with van der Waals surface area (Å²) in [5.41, 5.74) is 3.18. The number of fused-ring (bicyclic) bond motifs is 1. The van der Waals surface area contributed by atoms with Gasteiger partial charge >= 0.3 is 11.9 Å². The predicted molar refractivity (Wildman–Crippen MR) is 113 cm³/mol. The highest BCUT2D eigenvalue weighted by Crippen LogP contribution is 2.30. The predicted octanol–water partition coefficient (Wildman–Crippen LogP) is 2.76. The van der Waals surface area contributed by atoms with Crippen LogP contribution in [0.1, 0.15) is 16.8 Å². The zero-order valence-electron chi connectivity index (χ0n) is 18.0. The molecule has 0 spiro atoms. The number of carbonyl (C=O) groups excluding carboxylic acids is 2. The van der Waals surface area contributed by atoms with Gasteiger partial charge in [-0.25, -0.2) is 19.3 Å². The molecule has 2 aromatic heterocycles. The third kappa shape index (κ3) is 5.00. The molecule has 1 aromatic carbocycles. The molecule has 3 rings (SSSR count). The molecule has 0 aliphatic heterocycles. The summed E-state index contributed by atoms with van der Waals surface area (Å²) in [4.78, 5) is 28.0. The van der Waals surface area contributed by atoms with Crippen molar-refractivity contribution in [2.24, 2.45) is 7.05 Å². The molecule has 9 heteroatoms. The third-order valence-electron chi connectivity index (χ3n) is 4.44. The molecule has 162 valence electrons. The van der Waals surface area contributed by atoms with E-state index in [1.807, 2.05) is 19.9 Å². The maximum Gasteiger partial charge on any atom is 0.349 e. The van der Waals surface area contributed by atoms with Crippen molar-refractivity contribution in [3.63, 3.8) is 0 Å². The lowest BCUT2D eigenvalue weighted by atomic mass is 10.2. The lowest BCUT2D eigenvalue weighted by molar-refractivity contribution is -0.137. The van der Waals surface area contributed by atoms with Crippen molar-refractivity contribution >= 4 is 29.0 Å². The molecular formula is C22H23N3O6. The molecule has 0 saturated heterocycles.